The van der Waals surface area contributed by atoms with E-state index in [1.54, 1.807) is 0 Å². The van der Waals surface area contributed by atoms with Gasteiger partial charge in [-0.1, -0.05) is 226 Å². The average Bonchev–Trinajstić information content (AvgIpc) is 3.31. The van der Waals surface area contributed by atoms with Crippen LogP contribution in [0.4, 0.5) is 0 Å². The van der Waals surface area contributed by atoms with Crippen LogP contribution < -0.4 is 0 Å². The molecule has 0 radical (unpaired) electrons. The SMILES string of the molecule is CCC(CC(CC(CC(CC(CC(CC(C)c1ccccc1)c1ccccc1)c1ccccc1)c1ccccc1)c1ccccc1)c1ccccc1)c1ccccc1. The summed E-state index contributed by atoms with van der Waals surface area (Å²) in [5.74, 6) is 3.07. The molecule has 7 aromatic rings. The van der Waals surface area contributed by atoms with E-state index in [0.717, 1.165) is 44.9 Å². The van der Waals surface area contributed by atoms with Crippen LogP contribution in [0.15, 0.2) is 212 Å². The predicted molar refractivity (Wildman–Crippen MR) is 248 cm³/mol. The normalized spacial score (nSPS) is 15.1. The first-order valence-corrected chi connectivity index (χ1v) is 22.0. The van der Waals surface area contributed by atoms with Gasteiger partial charge < -0.3 is 0 Å². The van der Waals surface area contributed by atoms with Crippen LogP contribution in [0.25, 0.3) is 0 Å². The van der Waals surface area contributed by atoms with Crippen molar-refractivity contribution in [3.63, 3.8) is 0 Å². The van der Waals surface area contributed by atoms with Crippen molar-refractivity contribution in [2.24, 2.45) is 0 Å². The summed E-state index contributed by atoms with van der Waals surface area (Å²) in [5.41, 5.74) is 10.2. The summed E-state index contributed by atoms with van der Waals surface area (Å²) in [4.78, 5) is 0. The minimum absolute atomic E-state index is 0.395. The van der Waals surface area contributed by atoms with Crippen molar-refractivity contribution >= 4 is 0 Å². The summed E-state index contributed by atoms with van der Waals surface area (Å²) < 4.78 is 0. The zero-order valence-corrected chi connectivity index (χ0v) is 34.7. The second-order valence-electron chi connectivity index (χ2n) is 16.8. The van der Waals surface area contributed by atoms with Gasteiger partial charge in [-0.15, -0.1) is 0 Å². The molecule has 0 fully saturated rings. The lowest BCUT2D eigenvalue weighted by molar-refractivity contribution is 0.383. The minimum atomic E-state index is 0.395. The second-order valence-corrected chi connectivity index (χ2v) is 16.8. The summed E-state index contributed by atoms with van der Waals surface area (Å²) in [6, 6.07) is 79.6. The van der Waals surface area contributed by atoms with Gasteiger partial charge in [0.2, 0.25) is 0 Å². The number of hydrogen-bond acceptors (Lipinski definition) is 0. The summed E-state index contributed by atoms with van der Waals surface area (Å²) in [6.07, 6.45) is 7.87. The van der Waals surface area contributed by atoms with E-state index < -0.39 is 0 Å². The maximum atomic E-state index is 2.42. The van der Waals surface area contributed by atoms with E-state index in [9.17, 15) is 0 Å². The summed E-state index contributed by atoms with van der Waals surface area (Å²) in [6.45, 7) is 4.79. The van der Waals surface area contributed by atoms with E-state index in [-0.39, 0.29) is 0 Å². The largest absolute Gasteiger partial charge is 0.0648 e. The van der Waals surface area contributed by atoms with Gasteiger partial charge in [0.1, 0.15) is 0 Å². The topological polar surface area (TPSA) is 0 Å². The molecule has 0 aliphatic heterocycles. The first kappa shape index (κ1) is 40.7. The molecule has 0 saturated carbocycles. The third-order valence-electron chi connectivity index (χ3n) is 13.0. The van der Waals surface area contributed by atoms with Crippen LogP contribution in [-0.4, -0.2) is 0 Å². The Labute approximate surface area is 350 Å². The highest BCUT2D eigenvalue weighted by Crippen LogP contribution is 2.46. The van der Waals surface area contributed by atoms with Crippen LogP contribution in [0.2, 0.25) is 0 Å². The molecule has 0 aliphatic carbocycles. The molecule has 0 heterocycles. The molecule has 0 saturated heterocycles. The fourth-order valence-corrected chi connectivity index (χ4v) is 9.79. The highest BCUT2D eigenvalue weighted by atomic mass is 14.3. The molecule has 294 valence electrons. The molecule has 0 heteroatoms. The van der Waals surface area contributed by atoms with Gasteiger partial charge in [-0.2, -0.15) is 0 Å². The smallest absolute Gasteiger partial charge is 0.0150 e. The van der Waals surface area contributed by atoms with Crippen LogP contribution in [0.5, 0.6) is 0 Å². The van der Waals surface area contributed by atoms with Gasteiger partial charge in [0.25, 0.3) is 0 Å². The van der Waals surface area contributed by atoms with Crippen LogP contribution >= 0.6 is 0 Å². The van der Waals surface area contributed by atoms with E-state index in [1.165, 1.54) is 38.9 Å². The molecule has 0 aliphatic rings. The fourth-order valence-electron chi connectivity index (χ4n) is 9.79. The Morgan fingerprint density at radius 3 is 0.672 bits per heavy atom. The molecule has 0 N–H and O–H groups in total. The molecule has 7 atom stereocenters. The Kier molecular flexibility index (Phi) is 15.0. The monoisotopic (exact) mass is 758 g/mol. The average molecular weight is 759 g/mol. The summed E-state index contributed by atoms with van der Waals surface area (Å²) in [7, 11) is 0. The first-order valence-electron chi connectivity index (χ1n) is 22.0. The van der Waals surface area contributed by atoms with Crippen molar-refractivity contribution in [2.45, 2.75) is 100 Å². The molecule has 58 heavy (non-hydrogen) atoms. The van der Waals surface area contributed by atoms with Crippen molar-refractivity contribution < 1.29 is 0 Å². The zero-order valence-electron chi connectivity index (χ0n) is 34.7. The van der Waals surface area contributed by atoms with Gasteiger partial charge in [-0.25, -0.2) is 0 Å². The van der Waals surface area contributed by atoms with Gasteiger partial charge in [0.15, 0.2) is 0 Å². The molecule has 7 aromatic carbocycles. The highest BCUT2D eigenvalue weighted by Gasteiger charge is 2.30. The lowest BCUT2D eigenvalue weighted by atomic mass is 9.71. The van der Waals surface area contributed by atoms with Crippen LogP contribution in [0.3, 0.4) is 0 Å². The lowest BCUT2D eigenvalue weighted by Crippen LogP contribution is -2.17. The maximum Gasteiger partial charge on any atom is -0.0150 e. The Bertz CT molecular complexity index is 2130. The van der Waals surface area contributed by atoms with Crippen molar-refractivity contribution in [1.29, 1.82) is 0 Å². The van der Waals surface area contributed by atoms with E-state index in [1.807, 2.05) is 0 Å². The molecule has 7 rings (SSSR count). The van der Waals surface area contributed by atoms with E-state index >= 15 is 0 Å². The van der Waals surface area contributed by atoms with Gasteiger partial charge in [0.05, 0.1) is 0 Å². The third kappa shape index (κ3) is 11.3. The Hall–Kier alpha value is -5.46. The van der Waals surface area contributed by atoms with Crippen molar-refractivity contribution in [3.8, 4) is 0 Å². The number of rotatable bonds is 20. The molecule has 0 amide bonds. The van der Waals surface area contributed by atoms with Crippen LogP contribution in [-0.2, 0) is 0 Å². The van der Waals surface area contributed by atoms with Gasteiger partial charge in [-0.05, 0) is 125 Å². The molecule has 0 bridgehead atoms. The van der Waals surface area contributed by atoms with Gasteiger partial charge >= 0.3 is 0 Å². The van der Waals surface area contributed by atoms with Crippen LogP contribution in [0, 0.1) is 0 Å². The first-order chi connectivity index (χ1) is 28.6. The lowest BCUT2D eigenvalue weighted by Gasteiger charge is -2.33. The summed E-state index contributed by atoms with van der Waals surface area (Å²) in [5, 5.41) is 0. The maximum absolute atomic E-state index is 2.42. The second kappa shape index (κ2) is 21.3. The Balaban J connectivity index is 1.24. The van der Waals surface area contributed by atoms with E-state index in [0.29, 0.717) is 41.4 Å². The van der Waals surface area contributed by atoms with Crippen molar-refractivity contribution in [1.82, 2.24) is 0 Å². The minimum Gasteiger partial charge on any atom is -0.0648 e. The van der Waals surface area contributed by atoms with Crippen LogP contribution in [0.1, 0.15) is 139 Å². The zero-order chi connectivity index (χ0) is 39.8. The molecule has 0 aromatic heterocycles. The van der Waals surface area contributed by atoms with E-state index in [2.05, 4.69) is 226 Å². The standard InChI is InChI=1S/C58H62/c1-3-46(48-27-13-5-14-28-48)40-55(50-31-17-7-18-32-50)42-57(52-35-21-9-22-36-52)44-58(53-37-23-10-24-38-53)43-56(51-33-19-8-20-34-51)41-54(49-29-15-6-16-30-49)39-45(2)47-25-11-4-12-26-47/h4-38,45-46,54-58H,3,39-44H2,1-2H3. The number of hydrogen-bond donors (Lipinski definition) is 0. The molecular weight excluding hydrogens is 697 g/mol. The molecular formula is C58H62. The van der Waals surface area contributed by atoms with Gasteiger partial charge in [-0.3, -0.25) is 0 Å². The predicted octanol–water partition coefficient (Wildman–Crippen LogP) is 16.2. The molecule has 7 unspecified atom stereocenters. The third-order valence-corrected chi connectivity index (χ3v) is 13.0. The fraction of sp³-hybridized carbons (Fsp3) is 0.276. The van der Waals surface area contributed by atoms with Crippen molar-refractivity contribution in [2.75, 3.05) is 0 Å². The van der Waals surface area contributed by atoms with Gasteiger partial charge in [0, 0.05) is 0 Å². The molecule has 0 spiro atoms. The summed E-state index contributed by atoms with van der Waals surface area (Å²) >= 11 is 0. The van der Waals surface area contributed by atoms with E-state index in [4.69, 9.17) is 0 Å². The Morgan fingerprint density at radius 2 is 0.431 bits per heavy atom. The number of benzene rings is 7. The Morgan fingerprint density at radius 1 is 0.241 bits per heavy atom. The molecule has 0 nitrogen and oxygen atoms in total. The highest BCUT2D eigenvalue weighted by molar-refractivity contribution is 5.31. The van der Waals surface area contributed by atoms with Crippen molar-refractivity contribution in [3.05, 3.63) is 251 Å². The quantitative estimate of drug-likeness (QED) is 0.0726.